The van der Waals surface area contributed by atoms with Crippen molar-refractivity contribution in [3.05, 3.63) is 17.3 Å². The minimum Gasteiger partial charge on any atom is -0.505 e. The average Bonchev–Trinajstić information content (AvgIpc) is 2.14. The van der Waals surface area contributed by atoms with Crippen LogP contribution in [0.25, 0.3) is 0 Å². The largest absolute Gasteiger partial charge is 0.505 e. The van der Waals surface area contributed by atoms with Gasteiger partial charge in [0.05, 0.1) is 11.8 Å². The molecule has 0 aliphatic rings. The first kappa shape index (κ1) is 12.3. The standard InChI is InChI=1S/C7H5F2N3O3S/c8-6(9)5-3(1-10)4(13)2-12-7(5)16(11,14)15/h2,6,13H,(H2,11,14,15). The third kappa shape index (κ3) is 2.07. The number of hydrogen-bond donors (Lipinski definition) is 2. The van der Waals surface area contributed by atoms with Crippen LogP contribution in [0.3, 0.4) is 0 Å². The summed E-state index contributed by atoms with van der Waals surface area (Å²) < 4.78 is 47.0. The second kappa shape index (κ2) is 3.99. The van der Waals surface area contributed by atoms with E-state index in [-0.39, 0.29) is 0 Å². The van der Waals surface area contributed by atoms with Gasteiger partial charge in [0.2, 0.25) is 0 Å². The number of rotatable bonds is 2. The van der Waals surface area contributed by atoms with E-state index in [0.717, 1.165) is 0 Å². The minimum absolute atomic E-state index is 0.574. The summed E-state index contributed by atoms with van der Waals surface area (Å²) in [4.78, 5) is 3.09. The highest BCUT2D eigenvalue weighted by molar-refractivity contribution is 7.89. The molecule has 0 aromatic carbocycles. The van der Waals surface area contributed by atoms with E-state index in [1.165, 1.54) is 6.07 Å². The average molecular weight is 249 g/mol. The molecule has 1 rings (SSSR count). The maximum Gasteiger partial charge on any atom is 0.268 e. The number of nitriles is 1. The van der Waals surface area contributed by atoms with Gasteiger partial charge in [-0.1, -0.05) is 0 Å². The van der Waals surface area contributed by atoms with Crippen molar-refractivity contribution in [1.29, 1.82) is 5.26 Å². The van der Waals surface area contributed by atoms with Crippen LogP contribution in [0.15, 0.2) is 11.2 Å². The molecule has 0 fully saturated rings. The maximum atomic E-state index is 12.6. The molecule has 0 amide bonds. The van der Waals surface area contributed by atoms with E-state index >= 15 is 0 Å². The molecule has 0 saturated heterocycles. The molecule has 9 heteroatoms. The summed E-state index contributed by atoms with van der Waals surface area (Å²) in [6.07, 6.45) is -2.72. The van der Waals surface area contributed by atoms with E-state index in [1.807, 2.05) is 0 Å². The van der Waals surface area contributed by atoms with Gasteiger partial charge < -0.3 is 5.11 Å². The molecule has 1 aromatic rings. The number of pyridine rings is 1. The summed E-state index contributed by atoms with van der Waals surface area (Å²) in [6.45, 7) is 0. The molecular weight excluding hydrogens is 244 g/mol. The Balaban J connectivity index is 3.74. The lowest BCUT2D eigenvalue weighted by molar-refractivity contribution is 0.146. The van der Waals surface area contributed by atoms with Crippen LogP contribution in [-0.4, -0.2) is 18.5 Å². The van der Waals surface area contributed by atoms with Crippen LogP contribution in [0.1, 0.15) is 17.6 Å². The molecule has 0 saturated carbocycles. The van der Waals surface area contributed by atoms with E-state index in [1.54, 1.807) is 0 Å². The number of hydrogen-bond acceptors (Lipinski definition) is 5. The van der Waals surface area contributed by atoms with Gasteiger partial charge in [-0.3, -0.25) is 0 Å². The summed E-state index contributed by atoms with van der Waals surface area (Å²) in [6, 6.07) is 1.27. The predicted octanol–water partition coefficient (Wildman–Crippen LogP) is 0.244. The quantitative estimate of drug-likeness (QED) is 0.778. The van der Waals surface area contributed by atoms with E-state index in [9.17, 15) is 17.2 Å². The summed E-state index contributed by atoms with van der Waals surface area (Å²) in [5, 5.41) is 21.1. The fourth-order valence-electron chi connectivity index (χ4n) is 1.05. The number of nitrogens with zero attached hydrogens (tertiary/aromatic N) is 2. The Hall–Kier alpha value is -1.79. The lowest BCUT2D eigenvalue weighted by atomic mass is 10.1. The molecular formula is C7H5F2N3O3S. The lowest BCUT2D eigenvalue weighted by Crippen LogP contribution is -2.17. The Bertz CT molecular complexity index is 565. The van der Waals surface area contributed by atoms with Crippen LogP contribution < -0.4 is 5.14 Å². The van der Waals surface area contributed by atoms with Crippen LogP contribution in [0.5, 0.6) is 5.75 Å². The fraction of sp³-hybridized carbons (Fsp3) is 0.143. The third-order valence-electron chi connectivity index (χ3n) is 1.66. The number of sulfonamides is 1. The molecule has 86 valence electrons. The summed E-state index contributed by atoms with van der Waals surface area (Å²) in [5.41, 5.74) is -2.04. The molecule has 0 atom stereocenters. The Labute approximate surface area is 89.0 Å². The molecule has 6 nitrogen and oxygen atoms in total. The maximum absolute atomic E-state index is 12.6. The molecule has 1 heterocycles. The first-order valence-electron chi connectivity index (χ1n) is 3.72. The van der Waals surface area contributed by atoms with Gasteiger partial charge in [-0.15, -0.1) is 0 Å². The monoisotopic (exact) mass is 249 g/mol. The Morgan fingerprint density at radius 2 is 2.12 bits per heavy atom. The molecule has 0 radical (unpaired) electrons. The van der Waals surface area contributed by atoms with Gasteiger partial charge in [-0.2, -0.15) is 5.26 Å². The lowest BCUT2D eigenvalue weighted by Gasteiger charge is -2.08. The molecule has 0 aliphatic heterocycles. The van der Waals surface area contributed by atoms with Crippen LogP contribution in [0.2, 0.25) is 0 Å². The molecule has 0 spiro atoms. The van der Waals surface area contributed by atoms with Crippen molar-refractivity contribution in [2.24, 2.45) is 5.14 Å². The topological polar surface area (TPSA) is 117 Å². The van der Waals surface area contributed by atoms with Gasteiger partial charge in [0.1, 0.15) is 11.6 Å². The van der Waals surface area contributed by atoms with Gasteiger partial charge in [0.25, 0.3) is 16.4 Å². The Morgan fingerprint density at radius 1 is 1.56 bits per heavy atom. The van der Waals surface area contributed by atoms with Crippen LogP contribution in [-0.2, 0) is 10.0 Å². The van der Waals surface area contributed by atoms with E-state index in [0.29, 0.717) is 6.20 Å². The van der Waals surface area contributed by atoms with E-state index in [2.05, 4.69) is 10.1 Å². The van der Waals surface area contributed by atoms with Crippen LogP contribution >= 0.6 is 0 Å². The van der Waals surface area contributed by atoms with Crippen molar-refractivity contribution in [1.82, 2.24) is 4.98 Å². The number of primary sulfonamides is 1. The number of aromatic nitrogens is 1. The molecule has 16 heavy (non-hydrogen) atoms. The van der Waals surface area contributed by atoms with Crippen molar-refractivity contribution < 1.29 is 22.3 Å². The Kier molecular flexibility index (Phi) is 3.06. The summed E-state index contributed by atoms with van der Waals surface area (Å²) >= 11 is 0. The number of alkyl halides is 2. The summed E-state index contributed by atoms with van der Waals surface area (Å²) in [7, 11) is -4.48. The zero-order valence-corrected chi connectivity index (χ0v) is 8.37. The van der Waals surface area contributed by atoms with E-state index in [4.69, 9.17) is 10.4 Å². The van der Waals surface area contributed by atoms with Gasteiger partial charge in [-0.25, -0.2) is 27.3 Å². The van der Waals surface area contributed by atoms with E-state index < -0.39 is 38.4 Å². The number of nitrogens with two attached hydrogens (primary N) is 1. The second-order valence-corrected chi connectivity index (χ2v) is 4.17. The van der Waals surface area contributed by atoms with Gasteiger partial charge in [0, 0.05) is 0 Å². The van der Waals surface area contributed by atoms with Crippen molar-refractivity contribution in [3.63, 3.8) is 0 Å². The predicted molar refractivity (Wildman–Crippen MR) is 46.9 cm³/mol. The highest BCUT2D eigenvalue weighted by atomic mass is 32.2. The molecule has 1 aromatic heterocycles. The number of halogens is 2. The molecule has 0 unspecified atom stereocenters. The highest BCUT2D eigenvalue weighted by Crippen LogP contribution is 2.31. The molecule has 0 bridgehead atoms. The van der Waals surface area contributed by atoms with Gasteiger partial charge in [-0.05, 0) is 0 Å². The first-order valence-corrected chi connectivity index (χ1v) is 5.26. The summed E-state index contributed by atoms with van der Waals surface area (Å²) in [5.74, 6) is -0.829. The Morgan fingerprint density at radius 3 is 2.50 bits per heavy atom. The molecule has 0 aliphatic carbocycles. The number of aromatic hydroxyl groups is 1. The minimum atomic E-state index is -4.48. The van der Waals surface area contributed by atoms with Gasteiger partial charge >= 0.3 is 0 Å². The smallest absolute Gasteiger partial charge is 0.268 e. The van der Waals surface area contributed by atoms with Crippen molar-refractivity contribution in [2.75, 3.05) is 0 Å². The normalized spacial score (nSPS) is 11.4. The van der Waals surface area contributed by atoms with Crippen molar-refractivity contribution >= 4 is 10.0 Å². The highest BCUT2D eigenvalue weighted by Gasteiger charge is 2.27. The van der Waals surface area contributed by atoms with Crippen molar-refractivity contribution in [3.8, 4) is 11.8 Å². The zero-order valence-electron chi connectivity index (χ0n) is 7.55. The van der Waals surface area contributed by atoms with Crippen LogP contribution in [0, 0.1) is 11.3 Å². The zero-order chi connectivity index (χ0) is 12.5. The SMILES string of the molecule is N#Cc1c(O)cnc(S(N)(=O)=O)c1C(F)F. The molecule has 3 N–H and O–H groups in total. The fourth-order valence-corrected chi connectivity index (χ4v) is 1.74. The van der Waals surface area contributed by atoms with Crippen LogP contribution in [0.4, 0.5) is 8.78 Å². The van der Waals surface area contributed by atoms with Gasteiger partial charge in [0.15, 0.2) is 10.8 Å². The first-order chi connectivity index (χ1) is 7.29. The second-order valence-electron chi connectivity index (χ2n) is 2.69. The third-order valence-corrected chi connectivity index (χ3v) is 2.52. The van der Waals surface area contributed by atoms with Crippen molar-refractivity contribution in [2.45, 2.75) is 11.5 Å².